The minimum atomic E-state index is -0.238. The van der Waals surface area contributed by atoms with Crippen molar-refractivity contribution in [2.45, 2.75) is 36.9 Å². The molecule has 1 heterocycles. The van der Waals surface area contributed by atoms with Crippen LogP contribution in [-0.2, 0) is 4.79 Å². The smallest absolute Gasteiger partial charge is 0.250 e. The number of phenolic OH excluding ortho intramolecular Hbond substituents is 1. The van der Waals surface area contributed by atoms with E-state index in [0.29, 0.717) is 5.56 Å². The predicted octanol–water partition coefficient (Wildman–Crippen LogP) is 3.63. The number of phenols is 1. The molecular formula is C18H22N4O2S2. The number of benzene rings is 1. The van der Waals surface area contributed by atoms with E-state index in [1.165, 1.54) is 18.0 Å². The van der Waals surface area contributed by atoms with Crippen molar-refractivity contribution in [1.82, 2.24) is 15.4 Å². The Balaban J connectivity index is 1.84. The third kappa shape index (κ3) is 7.05. The number of hydrogen-bond donors (Lipinski definition) is 2. The third-order valence-electron chi connectivity index (χ3n) is 3.22. The van der Waals surface area contributed by atoms with Gasteiger partial charge < -0.3 is 5.11 Å². The number of amides is 1. The fourth-order valence-electron chi connectivity index (χ4n) is 1.90. The number of carbonyl (C=O) groups is 1. The molecule has 8 heteroatoms. The second-order valence-electron chi connectivity index (χ2n) is 5.47. The van der Waals surface area contributed by atoms with Gasteiger partial charge in [0, 0.05) is 17.0 Å². The molecule has 2 rings (SSSR count). The van der Waals surface area contributed by atoms with E-state index < -0.39 is 0 Å². The summed E-state index contributed by atoms with van der Waals surface area (Å²) in [5, 5.41) is 15.0. The average Bonchev–Trinajstić information content (AvgIpc) is 2.61. The molecule has 0 saturated carbocycles. The first-order valence-electron chi connectivity index (χ1n) is 8.29. The minimum absolute atomic E-state index is 0.115. The Morgan fingerprint density at radius 2 is 2.12 bits per heavy atom. The molecule has 0 saturated heterocycles. The van der Waals surface area contributed by atoms with Crippen LogP contribution in [-0.4, -0.2) is 38.7 Å². The lowest BCUT2D eigenvalue weighted by Gasteiger charge is -2.05. The maximum Gasteiger partial charge on any atom is 0.250 e. The summed E-state index contributed by atoms with van der Waals surface area (Å²) in [4.78, 5) is 20.8. The largest absolute Gasteiger partial charge is 0.507 e. The van der Waals surface area contributed by atoms with Crippen LogP contribution in [0, 0.1) is 6.92 Å². The number of rotatable bonds is 9. The van der Waals surface area contributed by atoms with E-state index in [2.05, 4.69) is 27.4 Å². The molecule has 138 valence electrons. The Morgan fingerprint density at radius 1 is 1.31 bits per heavy atom. The molecule has 0 aliphatic rings. The summed E-state index contributed by atoms with van der Waals surface area (Å²) in [6, 6.07) is 8.65. The number of hydrazone groups is 1. The van der Waals surface area contributed by atoms with Gasteiger partial charge in [0.2, 0.25) is 5.91 Å². The first-order chi connectivity index (χ1) is 12.6. The lowest BCUT2D eigenvalue weighted by atomic mass is 10.2. The topological polar surface area (TPSA) is 87.5 Å². The van der Waals surface area contributed by atoms with Crippen LogP contribution >= 0.6 is 23.5 Å². The van der Waals surface area contributed by atoms with Crippen LogP contribution in [0.25, 0.3) is 0 Å². The van der Waals surface area contributed by atoms with Gasteiger partial charge in [-0.3, -0.25) is 4.79 Å². The quantitative estimate of drug-likeness (QED) is 0.170. The normalized spacial score (nSPS) is 11.0. The summed E-state index contributed by atoms with van der Waals surface area (Å²) in [7, 11) is 0. The summed E-state index contributed by atoms with van der Waals surface area (Å²) < 4.78 is 0. The molecule has 6 nitrogen and oxygen atoms in total. The fourth-order valence-corrected chi connectivity index (χ4v) is 3.70. The van der Waals surface area contributed by atoms with Crippen molar-refractivity contribution in [3.8, 4) is 5.75 Å². The molecule has 0 bridgehead atoms. The second-order valence-corrected chi connectivity index (χ2v) is 7.53. The van der Waals surface area contributed by atoms with E-state index in [-0.39, 0.29) is 17.4 Å². The highest BCUT2D eigenvalue weighted by molar-refractivity contribution is 8.00. The summed E-state index contributed by atoms with van der Waals surface area (Å²) in [6.07, 6.45) is 3.68. The molecule has 1 aromatic heterocycles. The third-order valence-corrected chi connectivity index (χ3v) is 5.07. The van der Waals surface area contributed by atoms with Crippen LogP contribution in [0.15, 0.2) is 45.6 Å². The molecule has 1 amide bonds. The first kappa shape index (κ1) is 20.3. The van der Waals surface area contributed by atoms with Gasteiger partial charge in [-0.2, -0.15) is 5.10 Å². The number of para-hydroxylation sites is 1. The molecular weight excluding hydrogens is 368 g/mol. The number of thioether (sulfide) groups is 2. The zero-order valence-corrected chi connectivity index (χ0v) is 16.4. The molecule has 0 aliphatic heterocycles. The molecule has 0 atom stereocenters. The SMILES string of the molecule is CCCCSc1nc(C)cc(SCC(=O)N/N=C/c2ccccc2O)n1. The van der Waals surface area contributed by atoms with Crippen molar-refractivity contribution in [2.75, 3.05) is 11.5 Å². The van der Waals surface area contributed by atoms with Crippen LogP contribution in [0.1, 0.15) is 31.0 Å². The van der Waals surface area contributed by atoms with Gasteiger partial charge in [0.25, 0.3) is 0 Å². The molecule has 1 aromatic carbocycles. The Morgan fingerprint density at radius 3 is 2.88 bits per heavy atom. The van der Waals surface area contributed by atoms with E-state index >= 15 is 0 Å². The average molecular weight is 391 g/mol. The molecule has 0 aliphatic carbocycles. The molecule has 2 aromatic rings. The van der Waals surface area contributed by atoms with Gasteiger partial charge >= 0.3 is 0 Å². The monoisotopic (exact) mass is 390 g/mol. The van der Waals surface area contributed by atoms with E-state index in [1.54, 1.807) is 36.0 Å². The molecule has 2 N–H and O–H groups in total. The highest BCUT2D eigenvalue weighted by atomic mass is 32.2. The highest BCUT2D eigenvalue weighted by Crippen LogP contribution is 2.21. The summed E-state index contributed by atoms with van der Waals surface area (Å²) in [5.74, 6) is 1.07. The number of nitrogens with zero attached hydrogens (tertiary/aromatic N) is 3. The van der Waals surface area contributed by atoms with Gasteiger partial charge in [-0.15, -0.1) is 0 Å². The first-order valence-corrected chi connectivity index (χ1v) is 10.3. The summed E-state index contributed by atoms with van der Waals surface area (Å²) in [6.45, 7) is 4.07. The summed E-state index contributed by atoms with van der Waals surface area (Å²) >= 11 is 2.98. The number of carbonyl (C=O) groups excluding carboxylic acids is 1. The molecule has 0 spiro atoms. The van der Waals surface area contributed by atoms with Crippen LogP contribution in [0.4, 0.5) is 0 Å². The Kier molecular flexibility index (Phi) is 8.43. The van der Waals surface area contributed by atoms with E-state index in [9.17, 15) is 9.90 Å². The van der Waals surface area contributed by atoms with Gasteiger partial charge in [-0.25, -0.2) is 15.4 Å². The van der Waals surface area contributed by atoms with Crippen molar-refractivity contribution < 1.29 is 9.90 Å². The van der Waals surface area contributed by atoms with Crippen LogP contribution < -0.4 is 5.43 Å². The maximum absolute atomic E-state index is 11.9. The molecule has 0 radical (unpaired) electrons. The number of aryl methyl sites for hydroxylation is 1. The predicted molar refractivity (Wildman–Crippen MR) is 107 cm³/mol. The van der Waals surface area contributed by atoms with Crippen LogP contribution in [0.5, 0.6) is 5.75 Å². The lowest BCUT2D eigenvalue weighted by molar-refractivity contribution is -0.118. The van der Waals surface area contributed by atoms with Crippen molar-refractivity contribution >= 4 is 35.6 Å². The lowest BCUT2D eigenvalue weighted by Crippen LogP contribution is -2.19. The number of hydrogen-bond acceptors (Lipinski definition) is 7. The number of aromatic nitrogens is 2. The molecule has 0 unspecified atom stereocenters. The van der Waals surface area contributed by atoms with Gasteiger partial charge in [0.1, 0.15) is 10.8 Å². The van der Waals surface area contributed by atoms with E-state index in [1.807, 2.05) is 13.0 Å². The van der Waals surface area contributed by atoms with Gasteiger partial charge in [0.05, 0.1) is 12.0 Å². The van der Waals surface area contributed by atoms with Gasteiger partial charge in [-0.1, -0.05) is 49.0 Å². The fraction of sp³-hybridized carbons (Fsp3) is 0.333. The van der Waals surface area contributed by atoms with Crippen molar-refractivity contribution in [3.05, 3.63) is 41.6 Å². The van der Waals surface area contributed by atoms with Gasteiger partial charge in [0.15, 0.2) is 5.16 Å². The zero-order chi connectivity index (χ0) is 18.8. The van der Waals surface area contributed by atoms with Crippen LogP contribution in [0.2, 0.25) is 0 Å². The Hall–Kier alpha value is -2.06. The van der Waals surface area contributed by atoms with Crippen molar-refractivity contribution in [3.63, 3.8) is 0 Å². The maximum atomic E-state index is 11.9. The van der Waals surface area contributed by atoms with Crippen molar-refractivity contribution in [2.24, 2.45) is 5.10 Å². The van der Waals surface area contributed by atoms with E-state index in [4.69, 9.17) is 0 Å². The van der Waals surface area contributed by atoms with Gasteiger partial charge in [-0.05, 0) is 31.5 Å². The highest BCUT2D eigenvalue weighted by Gasteiger charge is 2.07. The molecule has 26 heavy (non-hydrogen) atoms. The Bertz CT molecular complexity index is 769. The number of nitrogens with one attached hydrogen (secondary N) is 1. The zero-order valence-electron chi connectivity index (χ0n) is 14.8. The molecule has 0 fully saturated rings. The standard InChI is InChI=1S/C18H22N4O2S2/c1-3-4-9-25-18-20-13(2)10-17(21-18)26-12-16(24)22-19-11-14-7-5-6-8-15(14)23/h5-8,10-11,23H,3-4,9,12H2,1-2H3,(H,22,24)/b19-11+. The minimum Gasteiger partial charge on any atom is -0.507 e. The number of aromatic hydroxyl groups is 1. The number of unbranched alkanes of at least 4 members (excludes halogenated alkanes) is 1. The second kappa shape index (κ2) is 10.8. The summed E-state index contributed by atoms with van der Waals surface area (Å²) in [5.41, 5.74) is 3.88. The Labute approximate surface area is 161 Å². The van der Waals surface area contributed by atoms with E-state index in [0.717, 1.165) is 34.5 Å². The van der Waals surface area contributed by atoms with Crippen molar-refractivity contribution in [1.29, 1.82) is 0 Å². The van der Waals surface area contributed by atoms with Crippen LogP contribution in [0.3, 0.4) is 0 Å².